The molecule has 0 heterocycles. The topological polar surface area (TPSA) is 12.0 Å². The highest BCUT2D eigenvalue weighted by molar-refractivity contribution is 5.45. The summed E-state index contributed by atoms with van der Waals surface area (Å²) in [5.41, 5.74) is 7.51. The Morgan fingerprint density at radius 1 is 0.744 bits per heavy atom. The van der Waals surface area contributed by atoms with Gasteiger partial charge in [0.1, 0.15) is 0 Å². The molecule has 4 fully saturated rings. The number of allylic oxidation sites excluding steroid dienone is 10. The van der Waals surface area contributed by atoms with Crippen LogP contribution in [0.3, 0.4) is 0 Å². The van der Waals surface area contributed by atoms with Crippen LogP contribution >= 0.6 is 0 Å². The van der Waals surface area contributed by atoms with Crippen molar-refractivity contribution >= 4 is 0 Å². The molecule has 9 unspecified atom stereocenters. The van der Waals surface area contributed by atoms with Crippen molar-refractivity contribution in [1.82, 2.24) is 5.32 Å². The summed E-state index contributed by atoms with van der Waals surface area (Å²) in [7, 11) is 0. The summed E-state index contributed by atoms with van der Waals surface area (Å²) in [4.78, 5) is 0. The molecule has 0 radical (unpaired) electrons. The van der Waals surface area contributed by atoms with E-state index in [-0.39, 0.29) is 0 Å². The fourth-order valence-corrected chi connectivity index (χ4v) is 12.9. The molecule has 1 N–H and O–H groups in total. The largest absolute Gasteiger partial charge is 0.362 e. The maximum atomic E-state index is 4.21. The molecule has 1 spiro atoms. The van der Waals surface area contributed by atoms with Crippen LogP contribution < -0.4 is 5.32 Å². The van der Waals surface area contributed by atoms with Crippen molar-refractivity contribution in [2.24, 2.45) is 52.3 Å². The van der Waals surface area contributed by atoms with Crippen LogP contribution in [0, 0.1) is 52.3 Å². The van der Waals surface area contributed by atoms with Gasteiger partial charge < -0.3 is 5.32 Å². The molecule has 1 nitrogen and oxygen atoms in total. The average molecular weight is 524 g/mol. The first-order valence-corrected chi connectivity index (χ1v) is 17.4. The van der Waals surface area contributed by atoms with Gasteiger partial charge in [0.25, 0.3) is 0 Å². The molecule has 8 aliphatic rings. The molecule has 0 amide bonds. The standard InChI is InChI=1S/C38H53N/c1-37-24-12-11-21-36(37)38(33-19-9-8-18-32(33)37)31-17-7-5-16-29(31)30-23-22-27(25-34(30)38)39-35-20-10-6-15-28(35)26-13-3-2-4-14-26/h3,8,13-14,18,25,29-34,36,39H,2,4-7,9-12,15-17,19-24H2,1H3. The Kier molecular flexibility index (Phi) is 6.34. The molecule has 1 heteroatoms. The summed E-state index contributed by atoms with van der Waals surface area (Å²) in [5, 5.41) is 4.21. The molecule has 9 atom stereocenters. The lowest BCUT2D eigenvalue weighted by atomic mass is 9.52. The van der Waals surface area contributed by atoms with Crippen LogP contribution in [0.4, 0.5) is 0 Å². The second-order valence-corrected chi connectivity index (χ2v) is 15.3. The van der Waals surface area contributed by atoms with Crippen LogP contribution in [-0.2, 0) is 0 Å². The molecule has 0 aliphatic heterocycles. The van der Waals surface area contributed by atoms with Gasteiger partial charge in [-0.25, -0.2) is 0 Å². The normalized spacial score (nSPS) is 46.7. The van der Waals surface area contributed by atoms with E-state index in [0.29, 0.717) is 10.8 Å². The molecule has 0 aromatic rings. The Morgan fingerprint density at radius 2 is 1.64 bits per heavy atom. The van der Waals surface area contributed by atoms with Gasteiger partial charge in [0.15, 0.2) is 0 Å². The van der Waals surface area contributed by atoms with E-state index in [9.17, 15) is 0 Å². The third kappa shape index (κ3) is 3.69. The lowest BCUT2D eigenvalue weighted by molar-refractivity contribution is -0.0273. The fourth-order valence-electron chi connectivity index (χ4n) is 12.9. The zero-order valence-corrected chi connectivity index (χ0v) is 24.7. The first kappa shape index (κ1) is 25.2. The van der Waals surface area contributed by atoms with Gasteiger partial charge in [-0.1, -0.05) is 69.1 Å². The van der Waals surface area contributed by atoms with Crippen LogP contribution in [-0.4, -0.2) is 0 Å². The quantitative estimate of drug-likeness (QED) is 0.363. The van der Waals surface area contributed by atoms with Crippen LogP contribution in [0.1, 0.15) is 122 Å². The van der Waals surface area contributed by atoms with Crippen molar-refractivity contribution in [3.05, 3.63) is 59.0 Å². The van der Waals surface area contributed by atoms with E-state index in [2.05, 4.69) is 48.7 Å². The van der Waals surface area contributed by atoms with Crippen molar-refractivity contribution < 1.29 is 0 Å². The summed E-state index contributed by atoms with van der Waals surface area (Å²) in [6, 6.07) is 0. The van der Waals surface area contributed by atoms with Gasteiger partial charge >= 0.3 is 0 Å². The average Bonchev–Trinajstić information content (AvgIpc) is 3.41. The SMILES string of the molecule is CC12CCCCC1C1(C3C=C(NC4=C(C5=CCCC=C5)CCCC4)CCC3C3CCCCC31)C1CCC=CC12. The summed E-state index contributed by atoms with van der Waals surface area (Å²) in [5.74, 6) is 6.54. The number of fused-ring (bicyclic) bond motifs is 10. The predicted octanol–water partition coefficient (Wildman–Crippen LogP) is 10.2. The fraction of sp³-hybridized carbons (Fsp3) is 0.737. The Morgan fingerprint density at radius 3 is 2.56 bits per heavy atom. The van der Waals surface area contributed by atoms with E-state index in [0.717, 1.165) is 41.4 Å². The lowest BCUT2D eigenvalue weighted by Crippen LogP contribution is -2.46. The molecule has 0 aromatic carbocycles. The van der Waals surface area contributed by atoms with Crippen molar-refractivity contribution in [3.63, 3.8) is 0 Å². The van der Waals surface area contributed by atoms with E-state index in [1.165, 1.54) is 115 Å². The van der Waals surface area contributed by atoms with E-state index in [1.807, 2.05) is 0 Å². The van der Waals surface area contributed by atoms with E-state index >= 15 is 0 Å². The van der Waals surface area contributed by atoms with Gasteiger partial charge in [-0.3, -0.25) is 0 Å². The summed E-state index contributed by atoms with van der Waals surface area (Å²) < 4.78 is 0. The number of rotatable bonds is 3. The van der Waals surface area contributed by atoms with Gasteiger partial charge in [-0.15, -0.1) is 0 Å². The monoisotopic (exact) mass is 523 g/mol. The molecular formula is C38H53N. The number of nitrogens with one attached hydrogen (secondary N) is 1. The zero-order chi connectivity index (χ0) is 26.0. The molecule has 8 aliphatic carbocycles. The van der Waals surface area contributed by atoms with E-state index in [1.54, 1.807) is 23.4 Å². The number of hydrogen-bond donors (Lipinski definition) is 1. The molecule has 4 saturated carbocycles. The minimum absolute atomic E-state index is 0.550. The minimum atomic E-state index is 0.550. The van der Waals surface area contributed by atoms with E-state index in [4.69, 9.17) is 0 Å². The van der Waals surface area contributed by atoms with Crippen LogP contribution in [0.2, 0.25) is 0 Å². The maximum absolute atomic E-state index is 4.21. The highest BCUT2D eigenvalue weighted by Crippen LogP contribution is 2.79. The van der Waals surface area contributed by atoms with Crippen molar-refractivity contribution in [1.29, 1.82) is 0 Å². The van der Waals surface area contributed by atoms with Crippen LogP contribution in [0.15, 0.2) is 59.0 Å². The first-order chi connectivity index (χ1) is 19.2. The smallest absolute Gasteiger partial charge is 0.0186 e. The Bertz CT molecular complexity index is 1130. The van der Waals surface area contributed by atoms with Gasteiger partial charge in [0.05, 0.1) is 0 Å². The van der Waals surface area contributed by atoms with Gasteiger partial charge in [-0.05, 0) is 153 Å². The second kappa shape index (κ2) is 9.80. The summed E-state index contributed by atoms with van der Waals surface area (Å²) >= 11 is 0. The van der Waals surface area contributed by atoms with Crippen molar-refractivity contribution in [2.45, 2.75) is 122 Å². The highest BCUT2D eigenvalue weighted by Gasteiger charge is 2.73. The molecular weight excluding hydrogens is 470 g/mol. The third-order valence-electron chi connectivity index (χ3n) is 14.0. The van der Waals surface area contributed by atoms with Crippen LogP contribution in [0.25, 0.3) is 0 Å². The first-order valence-electron chi connectivity index (χ1n) is 17.4. The summed E-state index contributed by atoms with van der Waals surface area (Å²) in [6.07, 6.45) is 41.0. The summed E-state index contributed by atoms with van der Waals surface area (Å²) in [6.45, 7) is 2.78. The molecule has 0 aromatic heterocycles. The van der Waals surface area contributed by atoms with Crippen molar-refractivity contribution in [3.8, 4) is 0 Å². The van der Waals surface area contributed by atoms with Gasteiger partial charge in [0, 0.05) is 11.4 Å². The molecule has 0 saturated heterocycles. The van der Waals surface area contributed by atoms with Gasteiger partial charge in [0.2, 0.25) is 0 Å². The molecule has 210 valence electrons. The van der Waals surface area contributed by atoms with E-state index < -0.39 is 0 Å². The maximum Gasteiger partial charge on any atom is 0.0186 e. The lowest BCUT2D eigenvalue weighted by Gasteiger charge is -2.52. The van der Waals surface area contributed by atoms with Crippen LogP contribution in [0.5, 0.6) is 0 Å². The zero-order valence-electron chi connectivity index (χ0n) is 24.7. The predicted molar refractivity (Wildman–Crippen MR) is 163 cm³/mol. The molecule has 39 heavy (non-hydrogen) atoms. The van der Waals surface area contributed by atoms with Gasteiger partial charge in [-0.2, -0.15) is 0 Å². The highest BCUT2D eigenvalue weighted by atomic mass is 14.9. The Balaban J connectivity index is 1.22. The number of hydrogen-bond acceptors (Lipinski definition) is 1. The minimum Gasteiger partial charge on any atom is -0.362 e. The van der Waals surface area contributed by atoms with Crippen molar-refractivity contribution in [2.75, 3.05) is 0 Å². The Hall–Kier alpha value is -1.50. The second-order valence-electron chi connectivity index (χ2n) is 15.3. The molecule has 0 bridgehead atoms. The Labute approximate surface area is 238 Å². The third-order valence-corrected chi connectivity index (χ3v) is 14.0. The molecule has 8 rings (SSSR count).